The number of tetrazole rings is 1. The molecule has 31 heteroatoms. The molecule has 0 aliphatic carbocycles. The molecule has 2 aromatic heterocycles. The monoisotopic (exact) mass is 1830 g/mol. The first kappa shape index (κ1) is 110. The zero-order valence-electron chi connectivity index (χ0n) is 80.1. The Morgan fingerprint density at radius 3 is 1.24 bits per heavy atom. The fourth-order valence-corrected chi connectivity index (χ4v) is 11.7. The van der Waals surface area contributed by atoms with Gasteiger partial charge in [0, 0.05) is 213 Å². The number of halogens is 1. The van der Waals surface area contributed by atoms with Gasteiger partial charge in [-0.1, -0.05) is 129 Å². The predicted molar refractivity (Wildman–Crippen MR) is 546 cm³/mol. The van der Waals surface area contributed by atoms with Gasteiger partial charge in [0.25, 0.3) is 29.5 Å². The molecule has 0 fully saturated rings. The maximum atomic E-state index is 12.0. The first-order valence-electron chi connectivity index (χ1n) is 42.8. The second-order valence-electron chi connectivity index (χ2n) is 29.3. The van der Waals surface area contributed by atoms with E-state index in [2.05, 4.69) is 185 Å². The van der Waals surface area contributed by atoms with Gasteiger partial charge in [0.05, 0.1) is 24.3 Å². The molecule has 0 saturated heterocycles. The molecular weight excluding hydrogens is 1700 g/mol. The van der Waals surface area contributed by atoms with E-state index in [4.69, 9.17) is 21.4 Å². The summed E-state index contributed by atoms with van der Waals surface area (Å²) in [5.41, 5.74) is 20.2. The summed E-state index contributed by atoms with van der Waals surface area (Å²) in [6.07, 6.45) is 0.852. The van der Waals surface area contributed by atoms with E-state index in [0.717, 1.165) is 85.7 Å². The van der Waals surface area contributed by atoms with Crippen molar-refractivity contribution in [2.75, 3.05) is 165 Å². The Kier molecular flexibility index (Phi) is 50.1. The van der Waals surface area contributed by atoms with Crippen molar-refractivity contribution < 1.29 is 38.0 Å². The third-order valence-corrected chi connectivity index (χ3v) is 19.3. The molecule has 0 saturated carbocycles. The Balaban J connectivity index is 0.000000310. The number of nitrogens with one attached hydrogen (secondary N) is 14. The molecule has 30 nitrogen and oxygen atoms in total. The molecule has 0 bridgehead atoms. The van der Waals surface area contributed by atoms with Crippen LogP contribution in [-0.2, 0) is 18.2 Å². The molecule has 0 radical (unpaired) electrons. The minimum Gasteiger partial charge on any atom is -0.465 e. The van der Waals surface area contributed by atoms with Gasteiger partial charge in [0.2, 0.25) is 5.82 Å². The summed E-state index contributed by atoms with van der Waals surface area (Å²) in [6.45, 7) is 12.9. The van der Waals surface area contributed by atoms with Crippen molar-refractivity contribution in [2.45, 2.75) is 54.0 Å². The molecule has 14 N–H and O–H groups in total. The van der Waals surface area contributed by atoms with Crippen LogP contribution in [0.15, 0.2) is 265 Å². The van der Waals surface area contributed by atoms with Crippen LogP contribution in [0.5, 0.6) is 0 Å². The van der Waals surface area contributed by atoms with E-state index in [1.807, 2.05) is 245 Å². The summed E-state index contributed by atoms with van der Waals surface area (Å²) < 4.78 is 11.2. The number of aryl methyl sites for hydroxylation is 3. The second kappa shape index (κ2) is 60.9. The first-order chi connectivity index (χ1) is 64.0. The van der Waals surface area contributed by atoms with Gasteiger partial charge >= 0.3 is 12.0 Å². The minimum absolute atomic E-state index is 0.0131. The van der Waals surface area contributed by atoms with Crippen LogP contribution in [-0.4, -0.2) is 189 Å². The molecule has 13 aromatic rings. The summed E-state index contributed by atoms with van der Waals surface area (Å²) in [4.78, 5) is 74.1. The molecule has 0 aliphatic heterocycles. The van der Waals surface area contributed by atoms with Crippen LogP contribution in [0.3, 0.4) is 0 Å². The van der Waals surface area contributed by atoms with E-state index in [1.54, 1.807) is 98.4 Å². The van der Waals surface area contributed by atoms with Crippen LogP contribution < -0.4 is 74.4 Å². The first-order valence-corrected chi connectivity index (χ1v) is 43.2. The van der Waals surface area contributed by atoms with Crippen LogP contribution in [0.25, 0.3) is 33.9 Å². The molecule has 0 atom stereocenters. The van der Waals surface area contributed by atoms with Gasteiger partial charge in [-0.25, -0.2) is 9.48 Å². The molecule has 0 unspecified atom stereocenters. The summed E-state index contributed by atoms with van der Waals surface area (Å²) in [5.74, 6) is 1.33. The smallest absolute Gasteiger partial charge is 0.337 e. The molecule has 11 aromatic carbocycles. The van der Waals surface area contributed by atoms with Crippen LogP contribution in [0.2, 0.25) is 5.02 Å². The van der Waals surface area contributed by atoms with E-state index < -0.39 is 0 Å². The summed E-state index contributed by atoms with van der Waals surface area (Å²) >= 11 is 5.82. The number of carbonyl (C=O) groups excluding carboxylic acids is 6. The highest BCUT2D eigenvalue weighted by Gasteiger charge is 2.16. The van der Waals surface area contributed by atoms with Gasteiger partial charge in [-0.15, -0.1) is 5.10 Å². The molecule has 5 amide bonds. The van der Waals surface area contributed by atoms with Crippen molar-refractivity contribution in [3.63, 3.8) is 0 Å². The molecule has 2 heterocycles. The third-order valence-electron chi connectivity index (χ3n) is 19.1. The number of ether oxygens (including phenoxy) is 1. The van der Waals surface area contributed by atoms with E-state index in [-0.39, 0.29) is 41.5 Å². The third kappa shape index (κ3) is 39.4. The van der Waals surface area contributed by atoms with Gasteiger partial charge < -0.3 is 88.6 Å². The Morgan fingerprint density at radius 2 is 0.842 bits per heavy atom. The lowest BCUT2D eigenvalue weighted by Crippen LogP contribution is -2.32. The lowest BCUT2D eigenvalue weighted by molar-refractivity contribution is 0.0599. The number of benzene rings is 11. The minimum atomic E-state index is -0.350. The highest BCUT2D eigenvalue weighted by molar-refractivity contribution is 6.31. The number of carbonyl (C=O) groups is 6. The average molecular weight is 1830 g/mol. The van der Waals surface area contributed by atoms with Crippen LogP contribution in [0, 0.1) is 24.2 Å². The Labute approximate surface area is 788 Å². The van der Waals surface area contributed by atoms with Gasteiger partial charge in [0.1, 0.15) is 0 Å². The average Bonchev–Trinajstić information content (AvgIpc) is 1.78. The van der Waals surface area contributed by atoms with Crippen molar-refractivity contribution in [1.82, 2.24) is 56.5 Å². The normalized spacial score (nSPS) is 9.68. The van der Waals surface area contributed by atoms with Crippen molar-refractivity contribution in [3.05, 3.63) is 316 Å². The highest BCUT2D eigenvalue weighted by atomic mass is 35.5. The number of hydrogen-bond donors (Lipinski definition) is 14. The number of amides is 5. The largest absolute Gasteiger partial charge is 0.465 e. The van der Waals surface area contributed by atoms with Crippen molar-refractivity contribution in [1.29, 1.82) is 5.26 Å². The molecular formula is C102H129ClN22O8. The molecule has 133 heavy (non-hydrogen) atoms. The fraction of sp³-hybridized carbons (Fsp3) is 0.255. The Morgan fingerprint density at radius 1 is 0.444 bits per heavy atom. The van der Waals surface area contributed by atoms with Gasteiger partial charge in [0.15, 0.2) is 5.82 Å². The lowest BCUT2D eigenvalue weighted by Gasteiger charge is -2.21. The number of anilines is 10. The maximum absolute atomic E-state index is 12.0. The highest BCUT2D eigenvalue weighted by Crippen LogP contribution is 2.26. The van der Waals surface area contributed by atoms with Crippen LogP contribution in [0.1, 0.15) is 113 Å². The van der Waals surface area contributed by atoms with Gasteiger partial charge in [-0.3, -0.25) is 24.0 Å². The molecule has 0 aliphatic rings. The number of hydrogen-bond acceptors (Lipinski definition) is 24. The van der Waals surface area contributed by atoms with E-state index in [0.29, 0.717) is 62.7 Å². The van der Waals surface area contributed by atoms with Crippen LogP contribution >= 0.6 is 11.6 Å². The number of esters is 1. The quantitative estimate of drug-likeness (QED) is 0.0265. The summed E-state index contributed by atoms with van der Waals surface area (Å²) in [6, 6.07) is 85.0. The molecule has 702 valence electrons. The van der Waals surface area contributed by atoms with E-state index in [1.165, 1.54) is 23.8 Å². The standard InChI is InChI=1S/C13H13N.2C12H18N2O.C10H11ClO2.C10H13N5.C10H12N4O.3C9H12N2O.C8H8N2/c1-14-13-9-5-8-12(10-13)11-6-3-2-4-7-11;1-9(2)14(4)12(15)10-6-5-7-11(8-10)13-3;1-9(2)8-14-12(15)10-5-4-6-11(7-10)13-3;1-3-7-4-8(10(12)13-2)6-9(11)5-7;1-7-4-8(6-9(5-7)11-2)10-12-13-14-15(10)3;1-11-8-5-3-4-7(6-8)9-13-10(12-2)15-14-9;3*1-10-8-5-3-4-7(6-8)9(12)11-2;1-10-8-4-2-3-7(5-8)6-9/h2-10,14H,1H3;5-9,13H,1-4H3;4-7,9,13H,8H2,1-3H3,(H,14,15);4-6H,3H2,1-2H3;4-6,11H,1-3H3;3-6,11H,1-2H3,(H,12,13,14);3*3-6,10H,1-2H3,(H,11,12);2-5,10H,1H3. The van der Waals surface area contributed by atoms with Crippen molar-refractivity contribution >= 4 is 104 Å². The molecule has 13 rings (SSSR count). The van der Waals surface area contributed by atoms with Crippen molar-refractivity contribution in [2.24, 2.45) is 13.0 Å². The van der Waals surface area contributed by atoms with Crippen LogP contribution in [0.4, 0.5) is 57.2 Å². The van der Waals surface area contributed by atoms with Gasteiger partial charge in [-0.05, 0) is 236 Å². The summed E-state index contributed by atoms with van der Waals surface area (Å²) in [5, 5.41) is 64.9. The Hall–Kier alpha value is -15.8. The lowest BCUT2D eigenvalue weighted by atomic mass is 10.1. The number of nitrogens with zero attached hydrogens (tertiary/aromatic N) is 8. The molecule has 0 spiro atoms. The zero-order valence-corrected chi connectivity index (χ0v) is 80.9. The number of rotatable bonds is 23. The predicted octanol–water partition coefficient (Wildman–Crippen LogP) is 18.3. The topological polar surface area (TPSA) is 390 Å². The number of nitriles is 1. The zero-order chi connectivity index (χ0) is 98.2. The van der Waals surface area contributed by atoms with Gasteiger partial charge in [-0.2, -0.15) is 10.2 Å². The van der Waals surface area contributed by atoms with Crippen molar-refractivity contribution in [3.8, 4) is 40.0 Å². The van der Waals surface area contributed by atoms with E-state index >= 15 is 0 Å². The second-order valence-corrected chi connectivity index (χ2v) is 29.7. The summed E-state index contributed by atoms with van der Waals surface area (Å²) in [7, 11) is 28.3. The SMILES string of the molecule is CCc1cc(Cl)cc(C(=O)OC)c1.CNC(=O)c1cccc(NC)c1.CNC(=O)c1cccc(NC)c1.CNC(=O)c1cccc(NC)c1.CNc1cc(C)cc(-c2nnnn2C)c1.CNc1cccc(-c2ccccc2)c1.CNc1cccc(-c2noc(NC)n2)c1.CNc1cccc(C#N)c1.CNc1cccc(C(=O)N(C)C(C)C)c1.CNc1cccc(C(=O)NCC(C)C)c1. The number of methoxy groups -OCH3 is 1. The fourth-order valence-electron chi connectivity index (χ4n) is 11.4. The maximum Gasteiger partial charge on any atom is 0.337 e. The Bertz CT molecular complexity index is 5620. The van der Waals surface area contributed by atoms with E-state index in [9.17, 15) is 28.8 Å². The number of aromatic nitrogens is 6.